The van der Waals surface area contributed by atoms with Crippen LogP contribution in [-0.4, -0.2) is 13.7 Å². The zero-order valence-corrected chi connectivity index (χ0v) is 29.5. The Bertz CT molecular complexity index is 3400. The highest BCUT2D eigenvalue weighted by Crippen LogP contribution is 2.40. The fourth-order valence-corrected chi connectivity index (χ4v) is 8.65. The Balaban J connectivity index is 1.04. The van der Waals surface area contributed by atoms with Crippen LogP contribution >= 0.6 is 0 Å². The first-order chi connectivity index (χ1) is 27.2. The molecule has 0 aliphatic rings. The van der Waals surface area contributed by atoms with Gasteiger partial charge in [0.15, 0.2) is 5.69 Å². The molecule has 11 rings (SSSR count). The molecule has 0 saturated heterocycles. The lowest BCUT2D eigenvalue weighted by molar-refractivity contribution is 1.15. The Morgan fingerprint density at radius 1 is 0.327 bits per heavy atom. The van der Waals surface area contributed by atoms with Crippen LogP contribution in [0.5, 0.6) is 0 Å². The molecule has 0 bridgehead atoms. The zero-order chi connectivity index (χ0) is 36.6. The van der Waals surface area contributed by atoms with Gasteiger partial charge in [-0.25, -0.2) is 9.69 Å². The highest BCUT2D eigenvalue weighted by atomic mass is 15.0. The predicted molar refractivity (Wildman–Crippen MR) is 227 cm³/mol. The van der Waals surface area contributed by atoms with E-state index in [2.05, 4.69) is 181 Å². The highest BCUT2D eigenvalue weighted by Gasteiger charge is 2.18. The minimum absolute atomic E-state index is 0.610. The van der Waals surface area contributed by atoms with Gasteiger partial charge < -0.3 is 13.7 Å². The molecule has 0 aliphatic carbocycles. The van der Waals surface area contributed by atoms with Gasteiger partial charge in [0.2, 0.25) is 5.69 Å². The van der Waals surface area contributed by atoms with Gasteiger partial charge in [0.25, 0.3) is 0 Å². The minimum atomic E-state index is 0.610. The van der Waals surface area contributed by atoms with E-state index in [4.69, 9.17) is 13.1 Å². The number of benzene rings is 8. The smallest absolute Gasteiger partial charge is 0.211 e. The van der Waals surface area contributed by atoms with Crippen molar-refractivity contribution in [3.8, 4) is 28.2 Å². The maximum absolute atomic E-state index is 8.22. The molecule has 0 amide bonds. The standard InChI is InChI=1S/C50H29N5/c1-51-34-22-28-48-42(30-34)40-14-6-8-16-45(40)54(48)36-25-26-41-39-13-3-7-15-44(39)53(50(41)31-36)35-23-19-32(20-24-35)33-21-27-49(43(29-33)52-2)55-46-17-9-4-11-37(46)38-12-5-10-18-47(38)55/h3-31H. The Morgan fingerprint density at radius 3 is 1.42 bits per heavy atom. The summed E-state index contributed by atoms with van der Waals surface area (Å²) < 4.78 is 6.87. The molecule has 254 valence electrons. The van der Waals surface area contributed by atoms with Crippen molar-refractivity contribution in [1.29, 1.82) is 0 Å². The summed E-state index contributed by atoms with van der Waals surface area (Å²) in [6.07, 6.45) is 0. The molecule has 0 unspecified atom stereocenters. The van der Waals surface area contributed by atoms with Crippen LogP contribution in [0.25, 0.3) is 103 Å². The van der Waals surface area contributed by atoms with Crippen molar-refractivity contribution >= 4 is 76.8 Å². The van der Waals surface area contributed by atoms with E-state index in [-0.39, 0.29) is 0 Å². The summed E-state index contributed by atoms with van der Waals surface area (Å²) in [5, 5.41) is 6.93. The second kappa shape index (κ2) is 11.8. The van der Waals surface area contributed by atoms with E-state index >= 15 is 0 Å². The van der Waals surface area contributed by atoms with E-state index in [1.54, 1.807) is 0 Å². The first-order valence-electron chi connectivity index (χ1n) is 18.3. The van der Waals surface area contributed by atoms with Crippen LogP contribution in [0, 0.1) is 13.1 Å². The first-order valence-corrected chi connectivity index (χ1v) is 18.3. The van der Waals surface area contributed by atoms with Gasteiger partial charge >= 0.3 is 0 Å². The maximum atomic E-state index is 8.22. The van der Waals surface area contributed by atoms with Crippen LogP contribution in [0.1, 0.15) is 0 Å². The molecule has 3 aromatic heterocycles. The fourth-order valence-electron chi connectivity index (χ4n) is 8.65. The van der Waals surface area contributed by atoms with Gasteiger partial charge in [0, 0.05) is 38.3 Å². The third kappa shape index (κ3) is 4.51. The second-order valence-electron chi connectivity index (χ2n) is 14.0. The maximum Gasteiger partial charge on any atom is 0.211 e. The first kappa shape index (κ1) is 30.7. The van der Waals surface area contributed by atoms with E-state index in [0.29, 0.717) is 11.4 Å². The summed E-state index contributed by atoms with van der Waals surface area (Å²) in [6, 6.07) is 61.4. The van der Waals surface area contributed by atoms with Gasteiger partial charge in [0.05, 0.1) is 51.9 Å². The molecule has 0 N–H and O–H groups in total. The minimum Gasteiger partial charge on any atom is -0.319 e. The third-order valence-electron chi connectivity index (χ3n) is 11.1. The van der Waals surface area contributed by atoms with Crippen LogP contribution in [0.3, 0.4) is 0 Å². The van der Waals surface area contributed by atoms with E-state index in [1.165, 1.54) is 21.5 Å². The number of hydrogen-bond donors (Lipinski definition) is 0. The molecule has 5 nitrogen and oxygen atoms in total. The number of para-hydroxylation sites is 4. The molecule has 0 spiro atoms. The lowest BCUT2D eigenvalue weighted by Gasteiger charge is -2.13. The zero-order valence-electron chi connectivity index (χ0n) is 29.5. The Morgan fingerprint density at radius 2 is 0.818 bits per heavy atom. The summed E-state index contributed by atoms with van der Waals surface area (Å²) in [5.74, 6) is 0. The Labute approximate surface area is 316 Å². The molecule has 0 radical (unpaired) electrons. The largest absolute Gasteiger partial charge is 0.319 e. The SMILES string of the molecule is [C-]#[N+]c1ccc2c(c1)c1ccccc1n2-c1ccc2c3ccccc3n(-c3ccc(-c4ccc(-n5c6ccccc6c6ccccc65)c([N+]#[C-])c4)cc3)c2c1. The van der Waals surface area contributed by atoms with Gasteiger partial charge in [-0.3, -0.25) is 0 Å². The lowest BCUT2D eigenvalue weighted by atomic mass is 10.0. The van der Waals surface area contributed by atoms with Crippen LogP contribution in [0.15, 0.2) is 176 Å². The van der Waals surface area contributed by atoms with Crippen LogP contribution in [0.4, 0.5) is 11.4 Å². The topological polar surface area (TPSA) is 23.5 Å². The molecule has 8 aromatic carbocycles. The van der Waals surface area contributed by atoms with Gasteiger partial charge in [-0.2, -0.15) is 0 Å². The van der Waals surface area contributed by atoms with Crippen LogP contribution < -0.4 is 0 Å². The van der Waals surface area contributed by atoms with Crippen molar-refractivity contribution in [3.63, 3.8) is 0 Å². The normalized spacial score (nSPS) is 11.6. The summed E-state index contributed by atoms with van der Waals surface area (Å²) in [6.45, 7) is 15.8. The fraction of sp³-hybridized carbons (Fsp3) is 0. The average molecular weight is 700 g/mol. The molecular weight excluding hydrogens is 671 g/mol. The van der Waals surface area contributed by atoms with Crippen LogP contribution in [-0.2, 0) is 0 Å². The van der Waals surface area contributed by atoms with Gasteiger partial charge in [-0.15, -0.1) is 0 Å². The van der Waals surface area contributed by atoms with Crippen molar-refractivity contribution < 1.29 is 0 Å². The summed E-state index contributed by atoms with van der Waals surface area (Å²) in [7, 11) is 0. The van der Waals surface area contributed by atoms with E-state index < -0.39 is 0 Å². The summed E-state index contributed by atoms with van der Waals surface area (Å²) in [5.41, 5.74) is 12.9. The van der Waals surface area contributed by atoms with Crippen molar-refractivity contribution in [2.45, 2.75) is 0 Å². The molecule has 3 heterocycles. The lowest BCUT2D eigenvalue weighted by Crippen LogP contribution is -1.97. The van der Waals surface area contributed by atoms with E-state index in [1.807, 2.05) is 18.2 Å². The molecule has 0 aliphatic heterocycles. The molecule has 11 aromatic rings. The predicted octanol–water partition coefficient (Wildman–Crippen LogP) is 13.7. The monoisotopic (exact) mass is 699 g/mol. The number of hydrogen-bond acceptors (Lipinski definition) is 0. The molecule has 0 fully saturated rings. The summed E-state index contributed by atoms with van der Waals surface area (Å²) >= 11 is 0. The average Bonchev–Trinajstić information content (AvgIpc) is 3.88. The molecule has 5 heteroatoms. The van der Waals surface area contributed by atoms with Crippen molar-refractivity contribution in [2.24, 2.45) is 0 Å². The Kier molecular flexibility index (Phi) is 6.61. The number of nitrogens with zero attached hydrogens (tertiary/aromatic N) is 5. The molecule has 0 saturated carbocycles. The quantitative estimate of drug-likeness (QED) is 0.163. The molecule has 0 atom stereocenters. The summed E-state index contributed by atoms with van der Waals surface area (Å²) in [4.78, 5) is 7.75. The number of rotatable bonds is 4. The van der Waals surface area contributed by atoms with E-state index in [0.717, 1.165) is 72.1 Å². The second-order valence-corrected chi connectivity index (χ2v) is 14.0. The van der Waals surface area contributed by atoms with Crippen molar-refractivity contribution in [3.05, 3.63) is 199 Å². The molecular formula is C50H29N5. The van der Waals surface area contributed by atoms with Crippen molar-refractivity contribution in [1.82, 2.24) is 13.7 Å². The van der Waals surface area contributed by atoms with Crippen LogP contribution in [0.2, 0.25) is 0 Å². The number of fused-ring (bicyclic) bond motifs is 9. The Hall–Kier alpha value is -7.86. The van der Waals surface area contributed by atoms with E-state index in [9.17, 15) is 0 Å². The van der Waals surface area contributed by atoms with Gasteiger partial charge in [-0.05, 0) is 89.3 Å². The van der Waals surface area contributed by atoms with Crippen molar-refractivity contribution in [2.75, 3.05) is 0 Å². The van der Waals surface area contributed by atoms with Gasteiger partial charge in [0.1, 0.15) is 0 Å². The third-order valence-corrected chi connectivity index (χ3v) is 11.1. The highest BCUT2D eigenvalue weighted by molar-refractivity contribution is 6.13. The molecule has 55 heavy (non-hydrogen) atoms. The number of aromatic nitrogens is 3. The van der Waals surface area contributed by atoms with Gasteiger partial charge in [-0.1, -0.05) is 103 Å².